The molecule has 1 nitrogen and oxygen atoms in total. The van der Waals surface area contributed by atoms with Crippen molar-refractivity contribution in [1.29, 1.82) is 0 Å². The fraction of sp³-hybridized carbons (Fsp3) is 0.667. The van der Waals surface area contributed by atoms with E-state index in [9.17, 15) is 0 Å². The summed E-state index contributed by atoms with van der Waals surface area (Å²) in [6, 6.07) is 4.94. The molecule has 0 amide bonds. The largest absolute Gasteiger partial charge is 0.310 e. The first-order chi connectivity index (χ1) is 6.74. The van der Waals surface area contributed by atoms with Gasteiger partial charge in [0, 0.05) is 10.9 Å². The van der Waals surface area contributed by atoms with Crippen LogP contribution in [0.5, 0.6) is 0 Å². The smallest absolute Gasteiger partial charge is 0.0414 e. The van der Waals surface area contributed by atoms with E-state index in [1.54, 1.807) is 0 Å². The van der Waals surface area contributed by atoms with E-state index >= 15 is 0 Å². The minimum Gasteiger partial charge on any atom is -0.310 e. The maximum absolute atomic E-state index is 3.55. The highest BCUT2D eigenvalue weighted by atomic mass is 32.1. The summed E-state index contributed by atoms with van der Waals surface area (Å²) in [5, 5.41) is 5.71. The van der Waals surface area contributed by atoms with Crippen LogP contribution < -0.4 is 5.32 Å². The molecular formula is C12H21NS. The molecule has 0 aliphatic carbocycles. The normalized spacial score (nSPS) is 13.4. The fourth-order valence-corrected chi connectivity index (χ4v) is 2.42. The minimum atomic E-state index is 0.572. The fourth-order valence-electron chi connectivity index (χ4n) is 1.58. The lowest BCUT2D eigenvalue weighted by atomic mass is 10.0. The number of hydrogen-bond acceptors (Lipinski definition) is 2. The molecule has 1 rings (SSSR count). The maximum atomic E-state index is 3.55. The highest BCUT2D eigenvalue weighted by Gasteiger charge is 2.11. The minimum absolute atomic E-state index is 0.572. The van der Waals surface area contributed by atoms with Gasteiger partial charge < -0.3 is 5.32 Å². The molecule has 0 radical (unpaired) electrons. The second-order valence-electron chi connectivity index (χ2n) is 4.10. The standard InChI is InChI=1S/C12H21NS/c1-4-13-11(8-7-10(2)3)12-6-5-9-14-12/h5-6,9-11,13H,4,7-8H2,1-3H3. The Kier molecular flexibility index (Phi) is 5.20. The molecule has 0 spiro atoms. The molecule has 1 aromatic heterocycles. The summed E-state index contributed by atoms with van der Waals surface area (Å²) in [7, 11) is 0. The average Bonchev–Trinajstić information content (AvgIpc) is 2.64. The molecule has 1 unspecified atom stereocenters. The molecule has 0 saturated heterocycles. The molecule has 1 aromatic rings. The highest BCUT2D eigenvalue weighted by molar-refractivity contribution is 7.10. The van der Waals surface area contributed by atoms with Crippen LogP contribution in [0.2, 0.25) is 0 Å². The van der Waals surface area contributed by atoms with Gasteiger partial charge >= 0.3 is 0 Å². The molecular weight excluding hydrogens is 190 g/mol. The van der Waals surface area contributed by atoms with Gasteiger partial charge in [0.1, 0.15) is 0 Å². The van der Waals surface area contributed by atoms with Crippen molar-refractivity contribution >= 4 is 11.3 Å². The lowest BCUT2D eigenvalue weighted by Crippen LogP contribution is -2.20. The van der Waals surface area contributed by atoms with Gasteiger partial charge in [-0.25, -0.2) is 0 Å². The third kappa shape index (κ3) is 3.81. The van der Waals surface area contributed by atoms with Crippen LogP contribution in [0.4, 0.5) is 0 Å². The van der Waals surface area contributed by atoms with Crippen molar-refractivity contribution in [2.45, 2.75) is 39.7 Å². The number of rotatable bonds is 6. The molecule has 14 heavy (non-hydrogen) atoms. The van der Waals surface area contributed by atoms with Gasteiger partial charge in [-0.05, 0) is 36.8 Å². The number of hydrogen-bond donors (Lipinski definition) is 1. The van der Waals surface area contributed by atoms with E-state index in [1.807, 2.05) is 11.3 Å². The molecule has 0 saturated carbocycles. The molecule has 0 fully saturated rings. The Labute approximate surface area is 91.5 Å². The van der Waals surface area contributed by atoms with Crippen LogP contribution in [0.1, 0.15) is 44.5 Å². The first-order valence-corrected chi connectivity index (χ1v) is 6.38. The summed E-state index contributed by atoms with van der Waals surface area (Å²) in [5.41, 5.74) is 0. The Bertz CT molecular complexity index is 228. The summed E-state index contributed by atoms with van der Waals surface area (Å²) in [5.74, 6) is 0.802. The second-order valence-corrected chi connectivity index (χ2v) is 5.08. The molecule has 1 atom stereocenters. The lowest BCUT2D eigenvalue weighted by molar-refractivity contribution is 0.453. The van der Waals surface area contributed by atoms with E-state index in [2.05, 4.69) is 43.6 Å². The Hall–Kier alpha value is -0.340. The summed E-state index contributed by atoms with van der Waals surface area (Å²) in [4.78, 5) is 1.48. The van der Waals surface area contributed by atoms with Crippen LogP contribution in [0.15, 0.2) is 17.5 Å². The topological polar surface area (TPSA) is 12.0 Å². The van der Waals surface area contributed by atoms with E-state index in [0.29, 0.717) is 6.04 Å². The monoisotopic (exact) mass is 211 g/mol. The third-order valence-electron chi connectivity index (χ3n) is 2.37. The Morgan fingerprint density at radius 2 is 2.14 bits per heavy atom. The first kappa shape index (κ1) is 11.7. The van der Waals surface area contributed by atoms with Crippen molar-refractivity contribution in [1.82, 2.24) is 5.32 Å². The van der Waals surface area contributed by atoms with E-state index < -0.39 is 0 Å². The molecule has 1 N–H and O–H groups in total. The highest BCUT2D eigenvalue weighted by Crippen LogP contribution is 2.24. The third-order valence-corrected chi connectivity index (χ3v) is 3.36. The van der Waals surface area contributed by atoms with Gasteiger partial charge in [0.25, 0.3) is 0 Å². The molecule has 2 heteroatoms. The average molecular weight is 211 g/mol. The zero-order chi connectivity index (χ0) is 10.4. The zero-order valence-corrected chi connectivity index (χ0v) is 10.2. The first-order valence-electron chi connectivity index (χ1n) is 5.50. The summed E-state index contributed by atoms with van der Waals surface area (Å²) in [6.07, 6.45) is 2.56. The van der Waals surface area contributed by atoms with Gasteiger partial charge in [-0.1, -0.05) is 26.8 Å². The van der Waals surface area contributed by atoms with Crippen molar-refractivity contribution < 1.29 is 0 Å². The zero-order valence-electron chi connectivity index (χ0n) is 9.42. The molecule has 0 aliphatic heterocycles. The van der Waals surface area contributed by atoms with Crippen molar-refractivity contribution in [2.24, 2.45) is 5.92 Å². The Balaban J connectivity index is 2.47. The molecule has 0 aliphatic rings. The maximum Gasteiger partial charge on any atom is 0.0414 e. The van der Waals surface area contributed by atoms with E-state index in [4.69, 9.17) is 0 Å². The lowest BCUT2D eigenvalue weighted by Gasteiger charge is -2.17. The van der Waals surface area contributed by atoms with Crippen LogP contribution in [-0.4, -0.2) is 6.54 Å². The Morgan fingerprint density at radius 3 is 2.64 bits per heavy atom. The van der Waals surface area contributed by atoms with Crippen LogP contribution >= 0.6 is 11.3 Å². The van der Waals surface area contributed by atoms with Gasteiger partial charge in [0.15, 0.2) is 0 Å². The summed E-state index contributed by atoms with van der Waals surface area (Å²) in [6.45, 7) is 7.81. The SMILES string of the molecule is CCNC(CCC(C)C)c1cccs1. The van der Waals surface area contributed by atoms with Crippen molar-refractivity contribution in [3.05, 3.63) is 22.4 Å². The van der Waals surface area contributed by atoms with E-state index in [-0.39, 0.29) is 0 Å². The van der Waals surface area contributed by atoms with Gasteiger partial charge in [-0.15, -0.1) is 11.3 Å². The van der Waals surface area contributed by atoms with Crippen LogP contribution in [-0.2, 0) is 0 Å². The molecule has 1 heterocycles. The molecule has 0 aromatic carbocycles. The molecule has 0 bridgehead atoms. The summed E-state index contributed by atoms with van der Waals surface area (Å²) >= 11 is 1.86. The number of nitrogens with one attached hydrogen (secondary N) is 1. The van der Waals surface area contributed by atoms with Crippen LogP contribution in [0.3, 0.4) is 0 Å². The van der Waals surface area contributed by atoms with Gasteiger partial charge in [0.05, 0.1) is 0 Å². The predicted molar refractivity (Wildman–Crippen MR) is 64.8 cm³/mol. The van der Waals surface area contributed by atoms with E-state index in [1.165, 1.54) is 17.7 Å². The summed E-state index contributed by atoms with van der Waals surface area (Å²) < 4.78 is 0. The predicted octanol–water partition coefficient (Wildman–Crippen LogP) is 3.83. The van der Waals surface area contributed by atoms with Gasteiger partial charge in [0.2, 0.25) is 0 Å². The van der Waals surface area contributed by atoms with Crippen molar-refractivity contribution in [3.63, 3.8) is 0 Å². The molecule has 80 valence electrons. The number of thiophene rings is 1. The van der Waals surface area contributed by atoms with Gasteiger partial charge in [-0.2, -0.15) is 0 Å². The van der Waals surface area contributed by atoms with Crippen LogP contribution in [0, 0.1) is 5.92 Å². The van der Waals surface area contributed by atoms with Crippen molar-refractivity contribution in [2.75, 3.05) is 6.54 Å². The van der Waals surface area contributed by atoms with Gasteiger partial charge in [-0.3, -0.25) is 0 Å². The van der Waals surface area contributed by atoms with Crippen molar-refractivity contribution in [3.8, 4) is 0 Å². The van der Waals surface area contributed by atoms with E-state index in [0.717, 1.165) is 12.5 Å². The quantitative estimate of drug-likeness (QED) is 0.754. The van der Waals surface area contributed by atoms with Crippen LogP contribution in [0.25, 0.3) is 0 Å². The second kappa shape index (κ2) is 6.20. The Morgan fingerprint density at radius 1 is 1.36 bits per heavy atom.